The molecule has 2 aromatic carbocycles. The van der Waals surface area contributed by atoms with Crippen molar-refractivity contribution in [2.75, 3.05) is 40.1 Å². The van der Waals surface area contributed by atoms with Gasteiger partial charge in [0.05, 0.1) is 42.2 Å². The number of aromatic nitrogens is 1. The Morgan fingerprint density at radius 1 is 1.05 bits per heavy atom. The van der Waals surface area contributed by atoms with E-state index in [-0.39, 0.29) is 24.3 Å². The first-order valence-electron chi connectivity index (χ1n) is 13.4. The predicted molar refractivity (Wildman–Crippen MR) is 153 cm³/mol. The van der Waals surface area contributed by atoms with Crippen LogP contribution in [0.1, 0.15) is 37.9 Å². The smallest absolute Gasteiger partial charge is 0.343 e. The minimum absolute atomic E-state index is 0.154. The molecular weight excluding hydrogens is 564 g/mol. The molecule has 0 radical (unpaired) electrons. The average molecular weight is 595 g/mol. The molecule has 0 spiro atoms. The Hall–Kier alpha value is -4.58. The molecule has 5 rings (SSSR count). The number of nitrogens with zero attached hydrogens (tertiary/aromatic N) is 2. The molecule has 0 saturated carbocycles. The summed E-state index contributed by atoms with van der Waals surface area (Å²) in [6.45, 7) is 6.34. The molecule has 0 fully saturated rings. The van der Waals surface area contributed by atoms with E-state index in [2.05, 4.69) is 9.73 Å². The quantitative estimate of drug-likeness (QED) is 0.344. The van der Waals surface area contributed by atoms with Gasteiger partial charge in [-0.15, -0.1) is 0 Å². The average Bonchev–Trinajstić information content (AvgIpc) is 3.29. The number of thiazole rings is 1. The molecule has 0 N–H and O–H groups in total. The number of ether oxygens (including phenoxy) is 6. The standard InChI is InChI=1S/C30H30N2O9S/c1-5-37-23-15-19(8-10-21(23)41-16-25(33)36-4)27-26(29(35)38-6-2)17(3)31-30-32(27)28(34)24(42-30)14-18-7-9-20-22(13-18)40-12-11-39-20/h7-10,13-15,27H,5-6,11-12,16H2,1-4H3/b24-14+/t27-/m1/s1. The highest BCUT2D eigenvalue weighted by atomic mass is 32.1. The van der Waals surface area contributed by atoms with E-state index in [1.165, 1.54) is 23.0 Å². The van der Waals surface area contributed by atoms with Gasteiger partial charge in [0, 0.05) is 0 Å². The second-order valence-electron chi connectivity index (χ2n) is 9.21. The number of methoxy groups -OCH3 is 1. The number of esters is 2. The lowest BCUT2D eigenvalue weighted by Gasteiger charge is -2.25. The lowest BCUT2D eigenvalue weighted by Crippen LogP contribution is -2.40. The first-order chi connectivity index (χ1) is 20.3. The largest absolute Gasteiger partial charge is 0.490 e. The van der Waals surface area contributed by atoms with E-state index in [1.54, 1.807) is 38.1 Å². The van der Waals surface area contributed by atoms with Crippen LogP contribution in [-0.2, 0) is 19.1 Å². The van der Waals surface area contributed by atoms with Crippen LogP contribution >= 0.6 is 11.3 Å². The minimum Gasteiger partial charge on any atom is -0.490 e. The third kappa shape index (κ3) is 5.75. The fourth-order valence-electron chi connectivity index (χ4n) is 4.69. The Bertz CT molecular complexity index is 1740. The van der Waals surface area contributed by atoms with Gasteiger partial charge >= 0.3 is 11.9 Å². The topological polar surface area (TPSA) is 124 Å². The summed E-state index contributed by atoms with van der Waals surface area (Å²) in [5.41, 5.74) is 1.69. The summed E-state index contributed by atoms with van der Waals surface area (Å²) >= 11 is 1.22. The molecule has 3 aromatic rings. The van der Waals surface area contributed by atoms with E-state index < -0.39 is 18.0 Å². The molecule has 0 unspecified atom stereocenters. The number of carbonyl (C=O) groups is 2. The molecule has 12 heteroatoms. The molecule has 0 aliphatic carbocycles. The number of hydrogen-bond donors (Lipinski definition) is 0. The van der Waals surface area contributed by atoms with E-state index in [9.17, 15) is 14.4 Å². The maximum Gasteiger partial charge on any atom is 0.343 e. The van der Waals surface area contributed by atoms with Gasteiger partial charge in [0.15, 0.2) is 34.4 Å². The first kappa shape index (κ1) is 28.9. The highest BCUT2D eigenvalue weighted by molar-refractivity contribution is 7.07. The Labute approximate surface area is 245 Å². The summed E-state index contributed by atoms with van der Waals surface area (Å²) in [5.74, 6) is 0.798. The Kier molecular flexibility index (Phi) is 8.62. The van der Waals surface area contributed by atoms with Crippen LogP contribution in [0.5, 0.6) is 23.0 Å². The van der Waals surface area contributed by atoms with Crippen molar-refractivity contribution >= 4 is 29.4 Å². The van der Waals surface area contributed by atoms with Gasteiger partial charge in [0.25, 0.3) is 5.56 Å². The van der Waals surface area contributed by atoms with E-state index in [0.717, 1.165) is 5.56 Å². The number of hydrogen-bond acceptors (Lipinski definition) is 11. The molecule has 42 heavy (non-hydrogen) atoms. The second-order valence-corrected chi connectivity index (χ2v) is 10.2. The van der Waals surface area contributed by atoms with Gasteiger partial charge < -0.3 is 28.4 Å². The zero-order valence-electron chi connectivity index (χ0n) is 23.6. The van der Waals surface area contributed by atoms with Crippen molar-refractivity contribution < 1.29 is 38.0 Å². The number of carbonyl (C=O) groups excluding carboxylic acids is 2. The lowest BCUT2D eigenvalue weighted by atomic mass is 9.95. The Morgan fingerprint density at radius 3 is 2.57 bits per heavy atom. The summed E-state index contributed by atoms with van der Waals surface area (Å²) in [4.78, 5) is 43.9. The molecule has 220 valence electrons. The maximum absolute atomic E-state index is 14.0. The van der Waals surface area contributed by atoms with Crippen LogP contribution < -0.4 is 33.8 Å². The van der Waals surface area contributed by atoms with Gasteiger partial charge in [-0.05, 0) is 62.2 Å². The Morgan fingerprint density at radius 2 is 1.83 bits per heavy atom. The molecule has 0 bridgehead atoms. The highest BCUT2D eigenvalue weighted by Crippen LogP contribution is 2.36. The minimum atomic E-state index is -0.850. The summed E-state index contributed by atoms with van der Waals surface area (Å²) in [5, 5.41) is 0. The second kappa shape index (κ2) is 12.5. The third-order valence-electron chi connectivity index (χ3n) is 6.54. The van der Waals surface area contributed by atoms with Gasteiger partial charge in [0.1, 0.15) is 13.2 Å². The van der Waals surface area contributed by atoms with Crippen molar-refractivity contribution in [1.29, 1.82) is 0 Å². The molecule has 2 aliphatic rings. The molecule has 11 nitrogen and oxygen atoms in total. The SMILES string of the molecule is CCOC(=O)C1=C(C)N=c2s/c(=C/c3ccc4c(c3)OCCO4)c(=O)n2[C@@H]1c1ccc(OCC(=O)OC)c(OCC)c1. The van der Waals surface area contributed by atoms with E-state index in [4.69, 9.17) is 23.7 Å². The zero-order chi connectivity index (χ0) is 29.8. The number of benzene rings is 2. The lowest BCUT2D eigenvalue weighted by molar-refractivity contribution is -0.143. The highest BCUT2D eigenvalue weighted by Gasteiger charge is 2.34. The van der Waals surface area contributed by atoms with Crippen LogP contribution in [0.4, 0.5) is 0 Å². The van der Waals surface area contributed by atoms with Crippen molar-refractivity contribution in [1.82, 2.24) is 4.57 Å². The molecule has 3 heterocycles. The summed E-state index contributed by atoms with van der Waals surface area (Å²) in [7, 11) is 1.27. The van der Waals surface area contributed by atoms with E-state index in [0.29, 0.717) is 63.4 Å². The molecule has 1 aromatic heterocycles. The fraction of sp³-hybridized carbons (Fsp3) is 0.333. The summed E-state index contributed by atoms with van der Waals surface area (Å²) in [6, 6.07) is 9.67. The fourth-order valence-corrected chi connectivity index (χ4v) is 5.73. The monoisotopic (exact) mass is 594 g/mol. The molecule has 0 amide bonds. The van der Waals surface area contributed by atoms with Crippen molar-refractivity contribution in [3.8, 4) is 23.0 Å². The van der Waals surface area contributed by atoms with E-state index >= 15 is 0 Å². The van der Waals surface area contributed by atoms with Crippen molar-refractivity contribution in [2.24, 2.45) is 4.99 Å². The van der Waals surface area contributed by atoms with Crippen LogP contribution in [-0.4, -0.2) is 56.6 Å². The molecule has 0 saturated heterocycles. The van der Waals surface area contributed by atoms with Crippen LogP contribution in [0.15, 0.2) is 57.5 Å². The van der Waals surface area contributed by atoms with Gasteiger partial charge in [-0.3, -0.25) is 9.36 Å². The summed E-state index contributed by atoms with van der Waals surface area (Å²) in [6.07, 6.45) is 1.76. The van der Waals surface area contributed by atoms with E-state index in [1.807, 2.05) is 25.1 Å². The summed E-state index contributed by atoms with van der Waals surface area (Å²) < 4.78 is 34.7. The number of rotatable bonds is 9. The van der Waals surface area contributed by atoms with Crippen molar-refractivity contribution in [3.05, 3.63) is 78.5 Å². The number of allylic oxidation sites excluding steroid dienone is 1. The predicted octanol–water partition coefficient (Wildman–Crippen LogP) is 2.52. The van der Waals surface area contributed by atoms with Crippen LogP contribution in [0.25, 0.3) is 6.08 Å². The van der Waals surface area contributed by atoms with Crippen LogP contribution in [0.2, 0.25) is 0 Å². The van der Waals surface area contributed by atoms with Gasteiger partial charge in [-0.25, -0.2) is 14.6 Å². The maximum atomic E-state index is 14.0. The molecule has 2 aliphatic heterocycles. The zero-order valence-corrected chi connectivity index (χ0v) is 24.4. The van der Waals surface area contributed by atoms with Crippen molar-refractivity contribution in [3.63, 3.8) is 0 Å². The van der Waals surface area contributed by atoms with Crippen molar-refractivity contribution in [2.45, 2.75) is 26.8 Å². The molecular formula is C30H30N2O9S. The Balaban J connectivity index is 1.64. The van der Waals surface area contributed by atoms with Crippen LogP contribution in [0, 0.1) is 0 Å². The molecule has 1 atom stereocenters. The van der Waals surface area contributed by atoms with Crippen LogP contribution in [0.3, 0.4) is 0 Å². The normalized spacial score (nSPS) is 15.9. The number of fused-ring (bicyclic) bond motifs is 2. The first-order valence-corrected chi connectivity index (χ1v) is 14.2. The van der Waals surface area contributed by atoms with Gasteiger partial charge in [0.2, 0.25) is 0 Å². The van der Waals surface area contributed by atoms with Gasteiger partial charge in [-0.1, -0.05) is 23.5 Å². The third-order valence-corrected chi connectivity index (χ3v) is 7.52. The van der Waals surface area contributed by atoms with Gasteiger partial charge in [-0.2, -0.15) is 0 Å².